The van der Waals surface area contributed by atoms with Crippen LogP contribution in [0.1, 0.15) is 23.6 Å². The molecular formula is C13H21NS. The molecule has 0 saturated carbocycles. The highest BCUT2D eigenvalue weighted by atomic mass is 32.2. The van der Waals surface area contributed by atoms with E-state index >= 15 is 0 Å². The van der Waals surface area contributed by atoms with Gasteiger partial charge in [-0.05, 0) is 37.1 Å². The summed E-state index contributed by atoms with van der Waals surface area (Å²) < 4.78 is 0. The van der Waals surface area contributed by atoms with E-state index in [-0.39, 0.29) is 6.04 Å². The van der Waals surface area contributed by atoms with Gasteiger partial charge in [-0.15, -0.1) is 0 Å². The molecule has 0 spiro atoms. The van der Waals surface area contributed by atoms with Crippen molar-refractivity contribution >= 4 is 11.8 Å². The zero-order valence-corrected chi connectivity index (χ0v) is 10.7. The van der Waals surface area contributed by atoms with Gasteiger partial charge in [-0.3, -0.25) is 0 Å². The van der Waals surface area contributed by atoms with Crippen molar-refractivity contribution in [1.29, 1.82) is 0 Å². The normalized spacial score (nSPS) is 12.8. The molecule has 1 unspecified atom stereocenters. The number of hydrogen-bond donors (Lipinski definition) is 1. The molecule has 0 amide bonds. The van der Waals surface area contributed by atoms with Crippen LogP contribution in [0.4, 0.5) is 0 Å². The van der Waals surface area contributed by atoms with Crippen LogP contribution in [0.5, 0.6) is 0 Å². The first-order valence-corrected chi connectivity index (χ1v) is 6.68. The second kappa shape index (κ2) is 6.19. The predicted molar refractivity (Wildman–Crippen MR) is 70.6 cm³/mol. The van der Waals surface area contributed by atoms with Crippen molar-refractivity contribution in [2.45, 2.75) is 33.2 Å². The molecule has 1 atom stereocenters. The van der Waals surface area contributed by atoms with Crippen molar-refractivity contribution in [2.24, 2.45) is 5.73 Å². The maximum absolute atomic E-state index is 6.09. The highest BCUT2D eigenvalue weighted by Crippen LogP contribution is 2.13. The van der Waals surface area contributed by atoms with E-state index in [1.807, 2.05) is 11.8 Å². The fraction of sp³-hybridized carbons (Fsp3) is 0.538. The van der Waals surface area contributed by atoms with Crippen LogP contribution >= 0.6 is 11.8 Å². The fourth-order valence-electron chi connectivity index (χ4n) is 1.63. The lowest BCUT2D eigenvalue weighted by molar-refractivity contribution is 0.745. The van der Waals surface area contributed by atoms with Gasteiger partial charge in [-0.1, -0.05) is 30.7 Å². The molecule has 0 radical (unpaired) electrons. The fourth-order valence-corrected chi connectivity index (χ4v) is 2.29. The Morgan fingerprint density at radius 3 is 2.73 bits per heavy atom. The lowest BCUT2D eigenvalue weighted by Crippen LogP contribution is -2.26. The van der Waals surface area contributed by atoms with E-state index in [0.29, 0.717) is 0 Å². The zero-order chi connectivity index (χ0) is 11.3. The minimum absolute atomic E-state index is 0.287. The molecule has 0 aromatic heterocycles. The number of nitrogens with two attached hydrogens (primary N) is 1. The summed E-state index contributed by atoms with van der Waals surface area (Å²) in [5.41, 5.74) is 10.2. The van der Waals surface area contributed by atoms with Gasteiger partial charge < -0.3 is 5.73 Å². The Bertz CT molecular complexity index is 309. The molecule has 15 heavy (non-hydrogen) atoms. The summed E-state index contributed by atoms with van der Waals surface area (Å²) in [6.45, 7) is 6.47. The van der Waals surface area contributed by atoms with Crippen molar-refractivity contribution in [2.75, 3.05) is 11.5 Å². The molecule has 2 N–H and O–H groups in total. The summed E-state index contributed by atoms with van der Waals surface area (Å²) in [5.74, 6) is 2.21. The molecule has 0 saturated heterocycles. The Kier molecular flexibility index (Phi) is 5.20. The Morgan fingerprint density at radius 1 is 1.33 bits per heavy atom. The van der Waals surface area contributed by atoms with Gasteiger partial charge in [0.25, 0.3) is 0 Å². The first-order valence-electron chi connectivity index (χ1n) is 5.53. The quantitative estimate of drug-likeness (QED) is 0.830. The van der Waals surface area contributed by atoms with Crippen LogP contribution in [-0.4, -0.2) is 17.5 Å². The maximum Gasteiger partial charge on any atom is 0.0171 e. The third-order valence-electron chi connectivity index (χ3n) is 2.52. The molecule has 0 bridgehead atoms. The highest BCUT2D eigenvalue weighted by molar-refractivity contribution is 7.99. The number of hydrogen-bond acceptors (Lipinski definition) is 2. The van der Waals surface area contributed by atoms with Gasteiger partial charge in [0.05, 0.1) is 0 Å². The minimum Gasteiger partial charge on any atom is -0.327 e. The van der Waals surface area contributed by atoms with Crippen LogP contribution in [0.25, 0.3) is 0 Å². The lowest BCUT2D eigenvalue weighted by Gasteiger charge is -2.13. The molecular weight excluding hydrogens is 202 g/mol. The second-order valence-corrected chi connectivity index (χ2v) is 5.37. The average molecular weight is 223 g/mol. The first-order chi connectivity index (χ1) is 7.13. The number of thioether (sulfide) groups is 1. The Labute approximate surface area is 97.4 Å². The summed E-state index contributed by atoms with van der Waals surface area (Å²) >= 11 is 1.92. The van der Waals surface area contributed by atoms with Gasteiger partial charge in [0, 0.05) is 11.8 Å². The molecule has 2 heteroatoms. The highest BCUT2D eigenvalue weighted by Gasteiger charge is 2.06. The summed E-state index contributed by atoms with van der Waals surface area (Å²) in [6.07, 6.45) is 1.00. The summed E-state index contributed by atoms with van der Waals surface area (Å²) in [5, 5.41) is 0. The number of aryl methyl sites for hydroxylation is 2. The molecule has 1 rings (SSSR count). The van der Waals surface area contributed by atoms with Crippen molar-refractivity contribution in [3.05, 3.63) is 34.9 Å². The Hall–Kier alpha value is -0.470. The topological polar surface area (TPSA) is 26.0 Å². The molecule has 0 aliphatic heterocycles. The van der Waals surface area contributed by atoms with E-state index in [1.54, 1.807) is 0 Å². The standard InChI is InChI=1S/C13H21NS/c1-4-15-9-13(14)8-12-7-10(2)5-6-11(12)3/h5-7,13H,4,8-9,14H2,1-3H3. The SMILES string of the molecule is CCSCC(N)Cc1cc(C)ccc1C. The van der Waals surface area contributed by atoms with E-state index in [1.165, 1.54) is 16.7 Å². The molecule has 84 valence electrons. The largest absolute Gasteiger partial charge is 0.327 e. The van der Waals surface area contributed by atoms with Crippen LogP contribution in [0.15, 0.2) is 18.2 Å². The predicted octanol–water partition coefficient (Wildman–Crippen LogP) is 2.93. The first kappa shape index (κ1) is 12.6. The molecule has 0 heterocycles. The van der Waals surface area contributed by atoms with Gasteiger partial charge in [0.2, 0.25) is 0 Å². The van der Waals surface area contributed by atoms with Crippen LogP contribution < -0.4 is 5.73 Å². The van der Waals surface area contributed by atoms with Gasteiger partial charge in [0.15, 0.2) is 0 Å². The Balaban J connectivity index is 2.59. The average Bonchev–Trinajstić information content (AvgIpc) is 2.20. The molecule has 1 aromatic carbocycles. The van der Waals surface area contributed by atoms with Crippen molar-refractivity contribution < 1.29 is 0 Å². The van der Waals surface area contributed by atoms with Crippen LogP contribution in [0.2, 0.25) is 0 Å². The Morgan fingerprint density at radius 2 is 2.07 bits per heavy atom. The monoisotopic (exact) mass is 223 g/mol. The zero-order valence-electron chi connectivity index (χ0n) is 9.92. The molecule has 0 aliphatic rings. The minimum atomic E-state index is 0.287. The summed E-state index contributed by atoms with van der Waals surface area (Å²) in [4.78, 5) is 0. The lowest BCUT2D eigenvalue weighted by atomic mass is 10.00. The molecule has 1 nitrogen and oxygen atoms in total. The van der Waals surface area contributed by atoms with Crippen molar-refractivity contribution in [1.82, 2.24) is 0 Å². The molecule has 0 aliphatic carbocycles. The number of benzene rings is 1. The van der Waals surface area contributed by atoms with Gasteiger partial charge in [-0.25, -0.2) is 0 Å². The smallest absolute Gasteiger partial charge is 0.0171 e. The second-order valence-electron chi connectivity index (χ2n) is 4.05. The maximum atomic E-state index is 6.09. The summed E-state index contributed by atoms with van der Waals surface area (Å²) in [6, 6.07) is 6.89. The van der Waals surface area contributed by atoms with Crippen LogP contribution in [0.3, 0.4) is 0 Å². The van der Waals surface area contributed by atoms with E-state index < -0.39 is 0 Å². The third kappa shape index (κ3) is 4.27. The van der Waals surface area contributed by atoms with Crippen molar-refractivity contribution in [3.8, 4) is 0 Å². The van der Waals surface area contributed by atoms with Gasteiger partial charge in [-0.2, -0.15) is 11.8 Å². The van der Waals surface area contributed by atoms with E-state index in [4.69, 9.17) is 5.73 Å². The summed E-state index contributed by atoms with van der Waals surface area (Å²) in [7, 11) is 0. The van der Waals surface area contributed by atoms with Crippen LogP contribution in [-0.2, 0) is 6.42 Å². The third-order valence-corrected chi connectivity index (χ3v) is 3.59. The van der Waals surface area contributed by atoms with Crippen LogP contribution in [0, 0.1) is 13.8 Å². The van der Waals surface area contributed by atoms with Crippen molar-refractivity contribution in [3.63, 3.8) is 0 Å². The molecule has 0 fully saturated rings. The molecule has 1 aromatic rings. The van der Waals surface area contributed by atoms with E-state index in [2.05, 4.69) is 39.0 Å². The number of rotatable bonds is 5. The van der Waals surface area contributed by atoms with Gasteiger partial charge >= 0.3 is 0 Å². The van der Waals surface area contributed by atoms with E-state index in [0.717, 1.165) is 17.9 Å². The van der Waals surface area contributed by atoms with Gasteiger partial charge in [0.1, 0.15) is 0 Å². The van der Waals surface area contributed by atoms with E-state index in [9.17, 15) is 0 Å².